The van der Waals surface area contributed by atoms with E-state index in [4.69, 9.17) is 5.11 Å². The molecular formula is C8H8N2O3S. The van der Waals surface area contributed by atoms with Crippen LogP contribution in [0.15, 0.2) is 11.6 Å². The van der Waals surface area contributed by atoms with Crippen molar-refractivity contribution in [2.45, 2.75) is 18.9 Å². The molecule has 1 aliphatic rings. The summed E-state index contributed by atoms with van der Waals surface area (Å²) in [5, 5.41) is 11.4. The Kier molecular flexibility index (Phi) is 2.20. The van der Waals surface area contributed by atoms with Gasteiger partial charge in [0, 0.05) is 24.4 Å². The number of rotatable bonds is 2. The Bertz CT molecular complexity index is 355. The van der Waals surface area contributed by atoms with E-state index in [1.807, 2.05) is 5.38 Å². The Balaban J connectivity index is 2.01. The molecule has 2 rings (SSSR count). The average Bonchev–Trinajstić information content (AvgIpc) is 2.54. The molecule has 1 fully saturated rings. The van der Waals surface area contributed by atoms with Gasteiger partial charge in [-0.3, -0.25) is 4.79 Å². The minimum atomic E-state index is -1.16. The maximum Gasteiger partial charge on any atom is 0.414 e. The molecule has 0 saturated carbocycles. The fourth-order valence-corrected chi connectivity index (χ4v) is 2.15. The summed E-state index contributed by atoms with van der Waals surface area (Å²) in [5.74, 6) is -0.320. The summed E-state index contributed by atoms with van der Waals surface area (Å²) in [6.45, 7) is 0. The average molecular weight is 212 g/mol. The molecule has 0 unspecified atom stereocenters. The third-order valence-corrected chi connectivity index (χ3v) is 2.95. The molecule has 0 radical (unpaired) electrons. The van der Waals surface area contributed by atoms with Crippen molar-refractivity contribution >= 4 is 23.3 Å². The van der Waals surface area contributed by atoms with E-state index in [-0.39, 0.29) is 11.9 Å². The molecule has 2 amide bonds. The summed E-state index contributed by atoms with van der Waals surface area (Å²) >= 11 is 1.47. The maximum absolute atomic E-state index is 10.9. The van der Waals surface area contributed by atoms with Crippen LogP contribution in [0.4, 0.5) is 4.79 Å². The predicted octanol–water partition coefficient (Wildman–Crippen LogP) is 0.964. The lowest BCUT2D eigenvalue weighted by Crippen LogP contribution is -2.56. The Labute approximate surface area is 84.0 Å². The number of imide groups is 1. The van der Waals surface area contributed by atoms with E-state index in [2.05, 4.69) is 4.98 Å². The molecule has 1 saturated heterocycles. The number of likely N-dealkylation sites (tertiary alicyclic amines) is 1. The van der Waals surface area contributed by atoms with Crippen LogP contribution in [-0.4, -0.2) is 33.0 Å². The maximum atomic E-state index is 10.9. The van der Waals surface area contributed by atoms with Crippen LogP contribution in [0.25, 0.3) is 0 Å². The number of hydrogen-bond donors (Lipinski definition) is 1. The van der Waals surface area contributed by atoms with Gasteiger partial charge < -0.3 is 5.11 Å². The third-order valence-electron chi connectivity index (χ3n) is 2.14. The van der Waals surface area contributed by atoms with E-state index in [0.717, 1.165) is 9.91 Å². The van der Waals surface area contributed by atoms with Crippen LogP contribution in [0.5, 0.6) is 0 Å². The first-order valence-electron chi connectivity index (χ1n) is 4.12. The lowest BCUT2D eigenvalue weighted by atomic mass is 10.00. The van der Waals surface area contributed by atoms with Crippen LogP contribution in [0.1, 0.15) is 11.4 Å². The Morgan fingerprint density at radius 3 is 3.07 bits per heavy atom. The van der Waals surface area contributed by atoms with Gasteiger partial charge >= 0.3 is 6.09 Å². The van der Waals surface area contributed by atoms with Crippen LogP contribution in [0.3, 0.4) is 0 Å². The first-order chi connectivity index (χ1) is 6.68. The molecule has 2 heterocycles. The van der Waals surface area contributed by atoms with Gasteiger partial charge in [-0.2, -0.15) is 0 Å². The van der Waals surface area contributed by atoms with Gasteiger partial charge in [-0.15, -0.1) is 11.3 Å². The molecule has 5 nitrogen and oxygen atoms in total. The Hall–Kier alpha value is -1.43. The van der Waals surface area contributed by atoms with Gasteiger partial charge in [0.25, 0.3) is 0 Å². The number of thiazole rings is 1. The zero-order valence-corrected chi connectivity index (χ0v) is 8.03. The van der Waals surface area contributed by atoms with E-state index < -0.39 is 6.09 Å². The van der Waals surface area contributed by atoms with Crippen molar-refractivity contribution < 1.29 is 14.7 Å². The van der Waals surface area contributed by atoms with Crippen molar-refractivity contribution in [2.24, 2.45) is 0 Å². The molecule has 0 bridgehead atoms. The lowest BCUT2D eigenvalue weighted by molar-refractivity contribution is -0.141. The fourth-order valence-electron chi connectivity index (χ4n) is 1.46. The van der Waals surface area contributed by atoms with Crippen LogP contribution >= 0.6 is 11.3 Å². The van der Waals surface area contributed by atoms with Gasteiger partial charge in [0.2, 0.25) is 5.91 Å². The van der Waals surface area contributed by atoms with E-state index >= 15 is 0 Å². The predicted molar refractivity (Wildman–Crippen MR) is 49.1 cm³/mol. The summed E-state index contributed by atoms with van der Waals surface area (Å²) in [6, 6.07) is -0.217. The second-order valence-electron chi connectivity index (χ2n) is 3.03. The molecule has 0 spiro atoms. The molecule has 6 heteroatoms. The van der Waals surface area contributed by atoms with Gasteiger partial charge in [0.15, 0.2) is 0 Å². The van der Waals surface area contributed by atoms with Crippen molar-refractivity contribution in [3.05, 3.63) is 16.6 Å². The number of aromatic nitrogens is 1. The molecule has 1 atom stereocenters. The molecule has 1 aromatic rings. The first kappa shape index (κ1) is 9.14. The smallest absolute Gasteiger partial charge is 0.414 e. The van der Waals surface area contributed by atoms with Crippen molar-refractivity contribution in [1.82, 2.24) is 9.88 Å². The summed E-state index contributed by atoms with van der Waals surface area (Å²) in [6.07, 6.45) is 1.36. The van der Waals surface area contributed by atoms with Crippen LogP contribution in [0, 0.1) is 0 Å². The van der Waals surface area contributed by atoms with Gasteiger partial charge in [-0.1, -0.05) is 0 Å². The minimum absolute atomic E-state index is 0.217. The molecule has 74 valence electrons. The second-order valence-corrected chi connectivity index (χ2v) is 4.01. The Morgan fingerprint density at radius 2 is 2.57 bits per heavy atom. The summed E-state index contributed by atoms with van der Waals surface area (Å²) < 4.78 is 0. The van der Waals surface area contributed by atoms with Gasteiger partial charge in [0.1, 0.15) is 0 Å². The van der Waals surface area contributed by atoms with E-state index in [1.54, 1.807) is 6.20 Å². The van der Waals surface area contributed by atoms with Gasteiger partial charge in [0.05, 0.1) is 11.0 Å². The first-order valence-corrected chi connectivity index (χ1v) is 5.00. The van der Waals surface area contributed by atoms with Crippen molar-refractivity contribution in [3.63, 3.8) is 0 Å². The largest absolute Gasteiger partial charge is 0.465 e. The number of amides is 2. The molecule has 1 aromatic heterocycles. The van der Waals surface area contributed by atoms with Gasteiger partial charge in [-0.25, -0.2) is 14.7 Å². The SMILES string of the molecule is O=C(O)N1C(=O)C[C@@H]1Cc1nccs1. The highest BCUT2D eigenvalue weighted by Crippen LogP contribution is 2.23. The number of carboxylic acid groups (broad SMARTS) is 1. The number of carbonyl (C=O) groups is 2. The zero-order valence-electron chi connectivity index (χ0n) is 7.21. The summed E-state index contributed by atoms with van der Waals surface area (Å²) in [7, 11) is 0. The number of hydrogen-bond acceptors (Lipinski definition) is 4. The second kappa shape index (κ2) is 3.38. The fraction of sp³-hybridized carbons (Fsp3) is 0.375. The molecule has 0 aliphatic carbocycles. The highest BCUT2D eigenvalue weighted by molar-refractivity contribution is 7.09. The Morgan fingerprint density at radius 1 is 1.79 bits per heavy atom. The molecular weight excluding hydrogens is 204 g/mol. The molecule has 0 aromatic carbocycles. The lowest BCUT2D eigenvalue weighted by Gasteiger charge is -2.35. The third kappa shape index (κ3) is 1.48. The highest BCUT2D eigenvalue weighted by atomic mass is 32.1. The number of β-lactam (4-membered cyclic amide) rings is 1. The summed E-state index contributed by atoms with van der Waals surface area (Å²) in [5.41, 5.74) is 0. The molecule has 1 N–H and O–H groups in total. The zero-order chi connectivity index (χ0) is 10.1. The van der Waals surface area contributed by atoms with Crippen LogP contribution in [0.2, 0.25) is 0 Å². The number of carbonyl (C=O) groups excluding carboxylic acids is 1. The number of nitrogens with zero attached hydrogens (tertiary/aromatic N) is 2. The van der Waals surface area contributed by atoms with Crippen LogP contribution < -0.4 is 0 Å². The van der Waals surface area contributed by atoms with Crippen molar-refractivity contribution in [2.75, 3.05) is 0 Å². The van der Waals surface area contributed by atoms with Crippen LogP contribution in [-0.2, 0) is 11.2 Å². The monoisotopic (exact) mass is 212 g/mol. The highest BCUT2D eigenvalue weighted by Gasteiger charge is 2.41. The van der Waals surface area contributed by atoms with Crippen molar-refractivity contribution in [3.8, 4) is 0 Å². The van der Waals surface area contributed by atoms with Crippen molar-refractivity contribution in [1.29, 1.82) is 0 Å². The molecule has 14 heavy (non-hydrogen) atoms. The quantitative estimate of drug-likeness (QED) is 0.741. The van der Waals surface area contributed by atoms with E-state index in [0.29, 0.717) is 12.8 Å². The topological polar surface area (TPSA) is 70.5 Å². The molecule has 1 aliphatic heterocycles. The van der Waals surface area contributed by atoms with E-state index in [1.165, 1.54) is 11.3 Å². The standard InChI is InChI=1S/C8H8N2O3S/c11-7-4-5(10(7)8(12)13)3-6-9-1-2-14-6/h1-2,5H,3-4H2,(H,12,13)/t5-/m0/s1. The summed E-state index contributed by atoms with van der Waals surface area (Å²) in [4.78, 5) is 26.5. The van der Waals surface area contributed by atoms with Gasteiger partial charge in [-0.05, 0) is 0 Å². The minimum Gasteiger partial charge on any atom is -0.465 e. The van der Waals surface area contributed by atoms with E-state index in [9.17, 15) is 9.59 Å². The normalized spacial score (nSPS) is 20.7.